The van der Waals surface area contributed by atoms with Crippen LogP contribution in [-0.2, 0) is 0 Å². The van der Waals surface area contributed by atoms with Gasteiger partial charge in [-0.2, -0.15) is 0 Å². The summed E-state index contributed by atoms with van der Waals surface area (Å²) in [6.45, 7) is 11.3. The second kappa shape index (κ2) is 12.0. The fourth-order valence-corrected chi connectivity index (χ4v) is 3.83. The highest BCUT2D eigenvalue weighted by molar-refractivity contribution is 5.02. The molecule has 3 atom stereocenters. The zero-order chi connectivity index (χ0) is 16.2. The first-order chi connectivity index (χ1) is 10.7. The Morgan fingerprint density at radius 2 is 1.91 bits per heavy atom. The van der Waals surface area contributed by atoms with Gasteiger partial charge in [0.15, 0.2) is 0 Å². The van der Waals surface area contributed by atoms with Crippen LogP contribution in [0.25, 0.3) is 0 Å². The van der Waals surface area contributed by atoms with Crippen LogP contribution in [0.5, 0.6) is 0 Å². The number of hydrogen-bond acceptors (Lipinski definition) is 0. The molecule has 0 N–H and O–H groups in total. The highest BCUT2D eigenvalue weighted by atomic mass is 14.3. The van der Waals surface area contributed by atoms with Gasteiger partial charge in [-0.1, -0.05) is 83.6 Å². The summed E-state index contributed by atoms with van der Waals surface area (Å²) in [6.07, 6.45) is 21.3. The van der Waals surface area contributed by atoms with E-state index in [-0.39, 0.29) is 0 Å². The molecule has 1 fully saturated rings. The summed E-state index contributed by atoms with van der Waals surface area (Å²) in [5, 5.41) is 0. The molecule has 128 valence electrons. The van der Waals surface area contributed by atoms with E-state index in [1.165, 1.54) is 82.6 Å². The standard InChI is InChI=1S/C22H40/c1-5-7-9-13-20(4)18-22-17-11-16-21(22)15-10-14-19(3)12-8-6-2/h10,15,19,21-22H,4-9,11-14,16-18H2,1-3H3/b15-10+/t19?,21?,22-/m1/s1. The van der Waals surface area contributed by atoms with Gasteiger partial charge in [-0.3, -0.25) is 0 Å². The van der Waals surface area contributed by atoms with Gasteiger partial charge in [0.05, 0.1) is 0 Å². The molecule has 0 radical (unpaired) electrons. The summed E-state index contributed by atoms with van der Waals surface area (Å²) in [7, 11) is 0. The van der Waals surface area contributed by atoms with E-state index in [9.17, 15) is 0 Å². The van der Waals surface area contributed by atoms with Gasteiger partial charge < -0.3 is 0 Å². The fourth-order valence-electron chi connectivity index (χ4n) is 3.83. The molecule has 0 aromatic rings. The highest BCUT2D eigenvalue weighted by Gasteiger charge is 2.25. The zero-order valence-corrected chi connectivity index (χ0v) is 15.6. The fraction of sp³-hybridized carbons (Fsp3) is 0.818. The molecule has 0 nitrogen and oxygen atoms in total. The Morgan fingerprint density at radius 1 is 1.14 bits per heavy atom. The van der Waals surface area contributed by atoms with Crippen LogP contribution in [0.15, 0.2) is 24.3 Å². The molecular weight excluding hydrogens is 264 g/mol. The summed E-state index contributed by atoms with van der Waals surface area (Å²) in [4.78, 5) is 0. The maximum Gasteiger partial charge on any atom is -0.0202 e. The maximum atomic E-state index is 4.34. The van der Waals surface area contributed by atoms with Gasteiger partial charge in [0.1, 0.15) is 0 Å². The largest absolute Gasteiger partial charge is 0.0999 e. The van der Waals surface area contributed by atoms with Crippen molar-refractivity contribution >= 4 is 0 Å². The van der Waals surface area contributed by atoms with Crippen molar-refractivity contribution in [1.82, 2.24) is 0 Å². The quantitative estimate of drug-likeness (QED) is 0.256. The third kappa shape index (κ3) is 8.20. The molecule has 0 aromatic heterocycles. The number of unbranched alkanes of at least 4 members (excludes halogenated alkanes) is 3. The van der Waals surface area contributed by atoms with Gasteiger partial charge in [-0.15, -0.1) is 0 Å². The van der Waals surface area contributed by atoms with Crippen LogP contribution in [0.2, 0.25) is 0 Å². The third-order valence-electron chi connectivity index (χ3n) is 5.37. The van der Waals surface area contributed by atoms with Gasteiger partial charge in [-0.25, -0.2) is 0 Å². The molecule has 1 aliphatic rings. The van der Waals surface area contributed by atoms with Gasteiger partial charge in [-0.05, 0) is 56.3 Å². The normalized spacial score (nSPS) is 23.2. The first kappa shape index (κ1) is 19.5. The SMILES string of the molecule is C=C(CCCCC)C[C@H]1CCCC1/C=C/CC(C)CCCC. The van der Waals surface area contributed by atoms with Crippen LogP contribution in [0.1, 0.15) is 97.8 Å². The summed E-state index contributed by atoms with van der Waals surface area (Å²) in [6, 6.07) is 0. The number of allylic oxidation sites excluding steroid dienone is 3. The van der Waals surface area contributed by atoms with Crippen molar-refractivity contribution in [1.29, 1.82) is 0 Å². The van der Waals surface area contributed by atoms with Crippen LogP contribution < -0.4 is 0 Å². The Morgan fingerprint density at radius 3 is 2.64 bits per heavy atom. The van der Waals surface area contributed by atoms with Gasteiger partial charge in [0.2, 0.25) is 0 Å². The topological polar surface area (TPSA) is 0 Å². The minimum absolute atomic E-state index is 0.835. The summed E-state index contributed by atoms with van der Waals surface area (Å²) in [5.41, 5.74) is 1.51. The Kier molecular flexibility index (Phi) is 10.6. The van der Waals surface area contributed by atoms with Crippen molar-refractivity contribution in [3.63, 3.8) is 0 Å². The monoisotopic (exact) mass is 304 g/mol. The molecule has 1 aliphatic carbocycles. The van der Waals surface area contributed by atoms with E-state index in [0.29, 0.717) is 0 Å². The molecule has 0 heteroatoms. The van der Waals surface area contributed by atoms with Crippen molar-refractivity contribution in [2.75, 3.05) is 0 Å². The van der Waals surface area contributed by atoms with Crippen molar-refractivity contribution in [2.45, 2.75) is 97.8 Å². The molecule has 0 aliphatic heterocycles. The van der Waals surface area contributed by atoms with E-state index in [4.69, 9.17) is 0 Å². The van der Waals surface area contributed by atoms with E-state index >= 15 is 0 Å². The van der Waals surface area contributed by atoms with Crippen LogP contribution >= 0.6 is 0 Å². The predicted molar refractivity (Wildman–Crippen MR) is 101 cm³/mol. The minimum Gasteiger partial charge on any atom is -0.0999 e. The molecule has 0 bridgehead atoms. The van der Waals surface area contributed by atoms with Gasteiger partial charge in [0, 0.05) is 0 Å². The summed E-state index contributed by atoms with van der Waals surface area (Å²) in [5.74, 6) is 2.58. The van der Waals surface area contributed by atoms with Crippen LogP contribution in [-0.4, -0.2) is 0 Å². The number of hydrogen-bond donors (Lipinski definition) is 0. The zero-order valence-electron chi connectivity index (χ0n) is 15.6. The molecule has 0 heterocycles. The van der Waals surface area contributed by atoms with Crippen molar-refractivity contribution < 1.29 is 0 Å². The molecule has 1 rings (SSSR count). The molecular formula is C22H40. The maximum absolute atomic E-state index is 4.34. The lowest BCUT2D eigenvalue weighted by molar-refractivity contribution is 0.444. The van der Waals surface area contributed by atoms with E-state index < -0.39 is 0 Å². The van der Waals surface area contributed by atoms with Crippen LogP contribution in [0.3, 0.4) is 0 Å². The lowest BCUT2D eigenvalue weighted by atomic mass is 9.87. The summed E-state index contributed by atoms with van der Waals surface area (Å²) >= 11 is 0. The number of rotatable bonds is 12. The first-order valence-electron chi connectivity index (χ1n) is 10.0. The van der Waals surface area contributed by atoms with E-state index in [1.807, 2.05) is 0 Å². The van der Waals surface area contributed by atoms with Crippen molar-refractivity contribution in [3.8, 4) is 0 Å². The average Bonchev–Trinajstić information content (AvgIpc) is 2.92. The summed E-state index contributed by atoms with van der Waals surface area (Å²) < 4.78 is 0. The predicted octanol–water partition coefficient (Wildman–Crippen LogP) is 7.70. The lowest BCUT2D eigenvalue weighted by Crippen LogP contribution is -2.06. The molecule has 22 heavy (non-hydrogen) atoms. The minimum atomic E-state index is 0.835. The Bertz CT molecular complexity index is 312. The average molecular weight is 305 g/mol. The molecule has 0 aromatic carbocycles. The first-order valence-corrected chi connectivity index (χ1v) is 10.0. The molecule has 0 spiro atoms. The highest BCUT2D eigenvalue weighted by Crippen LogP contribution is 2.37. The Labute approximate surface area is 140 Å². The van der Waals surface area contributed by atoms with E-state index in [2.05, 4.69) is 39.5 Å². The van der Waals surface area contributed by atoms with Gasteiger partial charge >= 0.3 is 0 Å². The lowest BCUT2D eigenvalue weighted by Gasteiger charge is -2.18. The third-order valence-corrected chi connectivity index (χ3v) is 5.37. The molecule has 0 saturated heterocycles. The molecule has 0 amide bonds. The second-order valence-electron chi connectivity index (χ2n) is 7.68. The molecule has 2 unspecified atom stereocenters. The van der Waals surface area contributed by atoms with Crippen LogP contribution in [0.4, 0.5) is 0 Å². The van der Waals surface area contributed by atoms with Crippen molar-refractivity contribution in [2.24, 2.45) is 17.8 Å². The van der Waals surface area contributed by atoms with E-state index in [1.54, 1.807) is 0 Å². The second-order valence-corrected chi connectivity index (χ2v) is 7.68. The van der Waals surface area contributed by atoms with Crippen LogP contribution in [0, 0.1) is 17.8 Å². The Balaban J connectivity index is 2.28. The van der Waals surface area contributed by atoms with Crippen molar-refractivity contribution in [3.05, 3.63) is 24.3 Å². The Hall–Kier alpha value is -0.520. The van der Waals surface area contributed by atoms with E-state index in [0.717, 1.165) is 17.8 Å². The smallest absolute Gasteiger partial charge is 0.0202 e. The van der Waals surface area contributed by atoms with Gasteiger partial charge in [0.25, 0.3) is 0 Å². The molecule has 1 saturated carbocycles.